The maximum absolute atomic E-state index is 12.1. The predicted molar refractivity (Wildman–Crippen MR) is 48.5 cm³/mol. The Hall–Kier alpha value is -0.330. The molecule has 0 amide bonds. The van der Waals surface area contributed by atoms with Gasteiger partial charge in [0.1, 0.15) is 0 Å². The molecule has 1 aliphatic rings. The molecule has 1 heterocycles. The first kappa shape index (κ1) is 12.7. The quantitative estimate of drug-likeness (QED) is 0.764. The van der Waals surface area contributed by atoms with E-state index in [2.05, 4.69) is 0 Å². The molecule has 15 heavy (non-hydrogen) atoms. The topological polar surface area (TPSA) is 32.7 Å². The Morgan fingerprint density at radius 2 is 2.07 bits per heavy atom. The van der Waals surface area contributed by atoms with Crippen LogP contribution in [0, 0.1) is 0 Å². The Labute approximate surface area is 86.8 Å². The lowest BCUT2D eigenvalue weighted by molar-refractivity contribution is -0.213. The lowest BCUT2D eigenvalue weighted by atomic mass is 10.2. The van der Waals surface area contributed by atoms with Crippen molar-refractivity contribution in [1.82, 2.24) is 4.90 Å². The van der Waals surface area contributed by atoms with Gasteiger partial charge in [-0.25, -0.2) is 0 Å². The van der Waals surface area contributed by atoms with Crippen molar-refractivity contribution in [2.75, 3.05) is 19.7 Å². The summed E-state index contributed by atoms with van der Waals surface area (Å²) in [5, 5.41) is 8.93. The number of alkyl halides is 3. The zero-order valence-electron chi connectivity index (χ0n) is 8.79. The second kappa shape index (κ2) is 4.67. The van der Waals surface area contributed by atoms with Gasteiger partial charge < -0.3 is 9.84 Å². The average Bonchev–Trinajstić information content (AvgIpc) is 2.09. The van der Waals surface area contributed by atoms with Crippen molar-refractivity contribution in [2.45, 2.75) is 38.3 Å². The fourth-order valence-corrected chi connectivity index (χ4v) is 1.55. The Morgan fingerprint density at radius 1 is 1.47 bits per heavy atom. The normalized spacial score (nSPS) is 31.6. The summed E-state index contributed by atoms with van der Waals surface area (Å²) in [6.07, 6.45) is -6.90. The minimum absolute atomic E-state index is 0.0818. The first-order chi connectivity index (χ1) is 6.80. The molecule has 1 rings (SSSR count). The van der Waals surface area contributed by atoms with Crippen molar-refractivity contribution in [3.8, 4) is 0 Å². The second-order valence-corrected chi connectivity index (χ2v) is 4.00. The van der Waals surface area contributed by atoms with Crippen LogP contribution >= 0.6 is 0 Å². The third kappa shape index (κ3) is 3.62. The van der Waals surface area contributed by atoms with E-state index in [1.807, 2.05) is 0 Å². The third-order valence-corrected chi connectivity index (χ3v) is 2.52. The maximum atomic E-state index is 12.1. The van der Waals surface area contributed by atoms with Crippen LogP contribution in [0.2, 0.25) is 0 Å². The molecule has 0 spiro atoms. The Morgan fingerprint density at radius 3 is 2.60 bits per heavy atom. The summed E-state index contributed by atoms with van der Waals surface area (Å²) in [6, 6.07) is -0.0850. The van der Waals surface area contributed by atoms with E-state index in [0.29, 0.717) is 13.2 Å². The number of ether oxygens (including phenoxy) is 1. The fourth-order valence-electron chi connectivity index (χ4n) is 1.55. The van der Waals surface area contributed by atoms with Gasteiger partial charge in [-0.15, -0.1) is 0 Å². The molecule has 90 valence electrons. The fraction of sp³-hybridized carbons (Fsp3) is 1.00. The van der Waals surface area contributed by atoms with Crippen LogP contribution in [0.1, 0.15) is 13.8 Å². The number of aliphatic hydroxyl groups is 1. The number of hydrogen-bond donors (Lipinski definition) is 1. The molecule has 0 radical (unpaired) electrons. The minimum Gasteiger partial charge on any atom is -0.382 e. The molecular formula is C9H16F3NO2. The molecule has 0 aromatic carbocycles. The van der Waals surface area contributed by atoms with Gasteiger partial charge in [0.25, 0.3) is 0 Å². The van der Waals surface area contributed by atoms with Crippen LogP contribution in [0.15, 0.2) is 0 Å². The average molecular weight is 227 g/mol. The van der Waals surface area contributed by atoms with Gasteiger partial charge in [0, 0.05) is 19.1 Å². The Kier molecular flexibility index (Phi) is 3.97. The van der Waals surface area contributed by atoms with Crippen molar-refractivity contribution in [2.24, 2.45) is 0 Å². The highest BCUT2D eigenvalue weighted by Gasteiger charge is 2.40. The highest BCUT2D eigenvalue weighted by atomic mass is 19.4. The van der Waals surface area contributed by atoms with E-state index < -0.39 is 12.3 Å². The molecule has 0 aromatic rings. The second-order valence-electron chi connectivity index (χ2n) is 4.00. The summed E-state index contributed by atoms with van der Waals surface area (Å²) >= 11 is 0. The van der Waals surface area contributed by atoms with Gasteiger partial charge >= 0.3 is 6.18 Å². The summed E-state index contributed by atoms with van der Waals surface area (Å²) in [5.41, 5.74) is 0. The molecule has 3 unspecified atom stereocenters. The van der Waals surface area contributed by atoms with Gasteiger partial charge in [-0.1, -0.05) is 0 Å². The smallest absolute Gasteiger partial charge is 0.382 e. The maximum Gasteiger partial charge on any atom is 0.415 e. The van der Waals surface area contributed by atoms with E-state index in [1.54, 1.807) is 18.7 Å². The van der Waals surface area contributed by atoms with Crippen LogP contribution in [-0.4, -0.2) is 54.1 Å². The van der Waals surface area contributed by atoms with E-state index in [0.717, 1.165) is 0 Å². The lowest BCUT2D eigenvalue weighted by Gasteiger charge is -2.37. The number of hydrogen-bond acceptors (Lipinski definition) is 3. The highest BCUT2D eigenvalue weighted by Crippen LogP contribution is 2.22. The minimum atomic E-state index is -4.54. The van der Waals surface area contributed by atoms with Crippen LogP contribution in [-0.2, 0) is 4.74 Å². The Bertz CT molecular complexity index is 210. The number of β-amino-alcohol motifs (C(OH)–C–C–N with tert-alkyl or cyclic N) is 1. The van der Waals surface area contributed by atoms with Crippen LogP contribution in [0.4, 0.5) is 13.2 Å². The van der Waals surface area contributed by atoms with Gasteiger partial charge in [-0.2, -0.15) is 13.2 Å². The van der Waals surface area contributed by atoms with E-state index in [4.69, 9.17) is 9.84 Å². The summed E-state index contributed by atoms with van der Waals surface area (Å²) in [4.78, 5) is 1.60. The van der Waals surface area contributed by atoms with E-state index in [-0.39, 0.29) is 18.7 Å². The molecular weight excluding hydrogens is 211 g/mol. The third-order valence-electron chi connectivity index (χ3n) is 2.52. The molecule has 1 saturated heterocycles. The number of halogens is 3. The van der Waals surface area contributed by atoms with Gasteiger partial charge in [0.15, 0.2) is 6.10 Å². The van der Waals surface area contributed by atoms with Crippen LogP contribution in [0.3, 0.4) is 0 Å². The van der Waals surface area contributed by atoms with Crippen LogP contribution < -0.4 is 0 Å². The summed E-state index contributed by atoms with van der Waals surface area (Å²) in [7, 11) is 0. The summed E-state index contributed by atoms with van der Waals surface area (Å²) < 4.78 is 41.6. The molecule has 0 saturated carbocycles. The molecule has 1 N–H and O–H groups in total. The molecule has 0 bridgehead atoms. The number of morpholine rings is 1. The Balaban J connectivity index is 2.49. The van der Waals surface area contributed by atoms with Crippen molar-refractivity contribution >= 4 is 0 Å². The lowest BCUT2D eigenvalue weighted by Crippen LogP contribution is -2.52. The zero-order valence-corrected chi connectivity index (χ0v) is 8.79. The van der Waals surface area contributed by atoms with Crippen molar-refractivity contribution < 1.29 is 23.0 Å². The molecule has 6 heteroatoms. The monoisotopic (exact) mass is 227 g/mol. The van der Waals surface area contributed by atoms with E-state index in [1.165, 1.54) is 0 Å². The standard InChI is InChI=1S/C9H16F3NO2/c1-6-5-15-7(2)3-13(6)4-8(14)9(10,11)12/h6-8,14H,3-5H2,1-2H3. The van der Waals surface area contributed by atoms with E-state index in [9.17, 15) is 13.2 Å². The van der Waals surface area contributed by atoms with E-state index >= 15 is 0 Å². The zero-order chi connectivity index (χ0) is 11.6. The van der Waals surface area contributed by atoms with Gasteiger partial charge in [-0.05, 0) is 13.8 Å². The largest absolute Gasteiger partial charge is 0.415 e. The van der Waals surface area contributed by atoms with Gasteiger partial charge in [0.05, 0.1) is 12.7 Å². The molecule has 3 nitrogen and oxygen atoms in total. The number of nitrogens with zero attached hydrogens (tertiary/aromatic N) is 1. The first-order valence-electron chi connectivity index (χ1n) is 4.91. The molecule has 0 aromatic heterocycles. The van der Waals surface area contributed by atoms with Crippen molar-refractivity contribution in [1.29, 1.82) is 0 Å². The number of aliphatic hydroxyl groups excluding tert-OH is 1. The molecule has 1 fully saturated rings. The summed E-state index contributed by atoms with van der Waals surface area (Å²) in [5.74, 6) is 0. The first-order valence-corrected chi connectivity index (χ1v) is 4.91. The summed E-state index contributed by atoms with van der Waals surface area (Å²) in [6.45, 7) is 4.05. The highest BCUT2D eigenvalue weighted by molar-refractivity contribution is 4.79. The molecule has 1 aliphatic heterocycles. The van der Waals surface area contributed by atoms with Gasteiger partial charge in [-0.3, -0.25) is 4.90 Å². The van der Waals surface area contributed by atoms with Crippen molar-refractivity contribution in [3.05, 3.63) is 0 Å². The van der Waals surface area contributed by atoms with Crippen LogP contribution in [0.25, 0.3) is 0 Å². The van der Waals surface area contributed by atoms with Gasteiger partial charge in [0.2, 0.25) is 0 Å². The van der Waals surface area contributed by atoms with Crippen LogP contribution in [0.5, 0.6) is 0 Å². The van der Waals surface area contributed by atoms with Crippen molar-refractivity contribution in [3.63, 3.8) is 0 Å². The predicted octanol–water partition coefficient (Wildman–Crippen LogP) is 1.02. The molecule has 3 atom stereocenters. The molecule has 0 aliphatic carbocycles. The SMILES string of the molecule is CC1CN(CC(O)C(F)(F)F)C(C)CO1. The number of rotatable bonds is 2.